The van der Waals surface area contributed by atoms with Crippen LogP contribution in [-0.2, 0) is 29.0 Å². The fraction of sp³-hybridized carbons (Fsp3) is 0.500. The SMILES string of the molecule is CN=C(NCc1ccc(COC2CCOCC2)cc1)N(C)CCc1cccs1.I. The van der Waals surface area contributed by atoms with E-state index in [9.17, 15) is 0 Å². The predicted molar refractivity (Wildman–Crippen MR) is 131 cm³/mol. The van der Waals surface area contributed by atoms with Crippen LogP contribution < -0.4 is 5.32 Å². The average Bonchev–Trinajstić information content (AvgIpc) is 3.26. The maximum Gasteiger partial charge on any atom is 0.193 e. The highest BCUT2D eigenvalue weighted by molar-refractivity contribution is 14.0. The van der Waals surface area contributed by atoms with Crippen LogP contribution in [0, 0.1) is 0 Å². The number of benzene rings is 1. The van der Waals surface area contributed by atoms with Gasteiger partial charge in [0.05, 0.1) is 12.7 Å². The lowest BCUT2D eigenvalue weighted by Gasteiger charge is -2.22. The number of nitrogens with zero attached hydrogens (tertiary/aromatic N) is 2. The maximum absolute atomic E-state index is 5.99. The summed E-state index contributed by atoms with van der Waals surface area (Å²) in [6.07, 6.45) is 3.38. The van der Waals surface area contributed by atoms with Gasteiger partial charge in [-0.05, 0) is 41.8 Å². The molecule has 3 rings (SSSR count). The molecule has 160 valence electrons. The number of ether oxygens (including phenoxy) is 2. The van der Waals surface area contributed by atoms with Crippen LogP contribution in [0.25, 0.3) is 0 Å². The number of hydrogen-bond acceptors (Lipinski definition) is 4. The molecule has 2 aromatic rings. The summed E-state index contributed by atoms with van der Waals surface area (Å²) in [5.41, 5.74) is 2.45. The lowest BCUT2D eigenvalue weighted by Crippen LogP contribution is -2.39. The third-order valence-electron chi connectivity index (χ3n) is 4.97. The van der Waals surface area contributed by atoms with E-state index in [0.29, 0.717) is 12.7 Å². The highest BCUT2D eigenvalue weighted by atomic mass is 127. The first-order chi connectivity index (χ1) is 13.7. The van der Waals surface area contributed by atoms with Crippen molar-refractivity contribution in [3.63, 3.8) is 0 Å². The molecule has 1 aromatic carbocycles. The summed E-state index contributed by atoms with van der Waals surface area (Å²) < 4.78 is 11.4. The monoisotopic (exact) mass is 529 g/mol. The molecule has 0 radical (unpaired) electrons. The van der Waals surface area contributed by atoms with Crippen molar-refractivity contribution in [2.75, 3.05) is 33.9 Å². The van der Waals surface area contributed by atoms with Crippen molar-refractivity contribution in [1.82, 2.24) is 10.2 Å². The van der Waals surface area contributed by atoms with Gasteiger partial charge in [-0.3, -0.25) is 4.99 Å². The zero-order valence-electron chi connectivity index (χ0n) is 17.3. The highest BCUT2D eigenvalue weighted by Crippen LogP contribution is 2.14. The Labute approximate surface area is 195 Å². The molecule has 0 unspecified atom stereocenters. The van der Waals surface area contributed by atoms with Crippen molar-refractivity contribution in [1.29, 1.82) is 0 Å². The van der Waals surface area contributed by atoms with Gasteiger partial charge in [-0.1, -0.05) is 30.3 Å². The van der Waals surface area contributed by atoms with Crippen molar-refractivity contribution in [3.8, 4) is 0 Å². The summed E-state index contributed by atoms with van der Waals surface area (Å²) in [6, 6.07) is 12.9. The molecular formula is C22H32IN3O2S. The lowest BCUT2D eigenvalue weighted by molar-refractivity contribution is -0.0390. The van der Waals surface area contributed by atoms with Crippen LogP contribution in [0.15, 0.2) is 46.8 Å². The standard InChI is InChI=1S/C22H31N3O2S.HI/c1-23-22(25(2)12-9-21-4-3-15-28-21)24-16-18-5-7-19(8-6-18)17-27-20-10-13-26-14-11-20;/h3-8,15,20H,9-14,16-17H2,1-2H3,(H,23,24);1H. The summed E-state index contributed by atoms with van der Waals surface area (Å²) >= 11 is 1.81. The number of likely N-dealkylation sites (N-methyl/N-ethyl adjacent to an activating group) is 1. The van der Waals surface area contributed by atoms with Crippen LogP contribution in [0.4, 0.5) is 0 Å². The van der Waals surface area contributed by atoms with Crippen molar-refractivity contribution >= 4 is 41.3 Å². The van der Waals surface area contributed by atoms with Gasteiger partial charge in [-0.15, -0.1) is 35.3 Å². The van der Waals surface area contributed by atoms with E-state index in [0.717, 1.165) is 51.5 Å². The van der Waals surface area contributed by atoms with Crippen molar-refractivity contribution in [2.24, 2.45) is 4.99 Å². The van der Waals surface area contributed by atoms with Crippen molar-refractivity contribution < 1.29 is 9.47 Å². The van der Waals surface area contributed by atoms with E-state index < -0.39 is 0 Å². The Balaban J connectivity index is 0.00000300. The van der Waals surface area contributed by atoms with Crippen LogP contribution in [0.3, 0.4) is 0 Å². The molecule has 7 heteroatoms. The number of nitrogens with one attached hydrogen (secondary N) is 1. The number of halogens is 1. The Hall–Kier alpha value is -1.16. The molecule has 1 saturated heterocycles. The minimum absolute atomic E-state index is 0. The van der Waals surface area contributed by atoms with Gasteiger partial charge in [0.25, 0.3) is 0 Å². The first kappa shape index (κ1) is 24.1. The van der Waals surface area contributed by atoms with E-state index in [1.54, 1.807) is 11.3 Å². The summed E-state index contributed by atoms with van der Waals surface area (Å²) in [4.78, 5) is 7.99. The largest absolute Gasteiger partial charge is 0.381 e. The fourth-order valence-electron chi connectivity index (χ4n) is 3.21. The van der Waals surface area contributed by atoms with E-state index in [-0.39, 0.29) is 24.0 Å². The number of hydrogen-bond donors (Lipinski definition) is 1. The Bertz CT molecular complexity index is 716. The molecule has 0 spiro atoms. The smallest absolute Gasteiger partial charge is 0.193 e. The van der Waals surface area contributed by atoms with E-state index in [1.807, 2.05) is 7.05 Å². The minimum atomic E-state index is 0. The first-order valence-corrected chi connectivity index (χ1v) is 10.8. The summed E-state index contributed by atoms with van der Waals surface area (Å²) in [5.74, 6) is 0.920. The van der Waals surface area contributed by atoms with Crippen LogP contribution in [0.2, 0.25) is 0 Å². The van der Waals surface area contributed by atoms with Crippen molar-refractivity contribution in [3.05, 3.63) is 57.8 Å². The normalized spacial score (nSPS) is 15.0. The Morgan fingerprint density at radius 3 is 2.59 bits per heavy atom. The van der Waals surface area contributed by atoms with Gasteiger partial charge >= 0.3 is 0 Å². The van der Waals surface area contributed by atoms with Gasteiger partial charge in [-0.2, -0.15) is 0 Å². The molecule has 5 nitrogen and oxygen atoms in total. The molecule has 2 heterocycles. The molecule has 1 aromatic heterocycles. The third kappa shape index (κ3) is 8.24. The molecule has 0 bridgehead atoms. The average molecular weight is 529 g/mol. The molecule has 1 N–H and O–H groups in total. The molecule has 0 atom stereocenters. The topological polar surface area (TPSA) is 46.1 Å². The van der Waals surface area contributed by atoms with E-state index >= 15 is 0 Å². The van der Waals surface area contributed by atoms with Crippen molar-refractivity contribution in [2.45, 2.75) is 38.5 Å². The Morgan fingerprint density at radius 2 is 1.93 bits per heavy atom. The third-order valence-corrected chi connectivity index (χ3v) is 5.91. The van der Waals surface area contributed by atoms with E-state index in [4.69, 9.17) is 9.47 Å². The summed E-state index contributed by atoms with van der Waals surface area (Å²) in [6.45, 7) is 4.02. The van der Waals surface area contributed by atoms with Crippen LogP contribution in [-0.4, -0.2) is 50.8 Å². The van der Waals surface area contributed by atoms with E-state index in [1.165, 1.54) is 16.0 Å². The Morgan fingerprint density at radius 1 is 1.21 bits per heavy atom. The number of rotatable bonds is 8. The Kier molecular flexibility index (Phi) is 11.0. The molecule has 1 fully saturated rings. The molecule has 1 aliphatic heterocycles. The fourth-order valence-corrected chi connectivity index (χ4v) is 3.91. The first-order valence-electron chi connectivity index (χ1n) is 9.96. The highest BCUT2D eigenvalue weighted by Gasteiger charge is 2.14. The molecule has 0 amide bonds. The second-order valence-electron chi connectivity index (χ2n) is 7.09. The van der Waals surface area contributed by atoms with Gasteiger partial charge in [0.15, 0.2) is 5.96 Å². The number of guanidine groups is 1. The molecular weight excluding hydrogens is 497 g/mol. The minimum Gasteiger partial charge on any atom is -0.381 e. The number of aliphatic imine (C=N–C) groups is 1. The van der Waals surface area contributed by atoms with Gasteiger partial charge < -0.3 is 19.7 Å². The van der Waals surface area contributed by atoms with Gasteiger partial charge in [0.1, 0.15) is 0 Å². The molecule has 1 aliphatic rings. The second-order valence-corrected chi connectivity index (χ2v) is 8.12. The summed E-state index contributed by atoms with van der Waals surface area (Å²) in [7, 11) is 3.92. The zero-order chi connectivity index (χ0) is 19.6. The van der Waals surface area contributed by atoms with E-state index in [2.05, 4.69) is 64.0 Å². The van der Waals surface area contributed by atoms with Crippen LogP contribution in [0.1, 0.15) is 28.8 Å². The van der Waals surface area contributed by atoms with Gasteiger partial charge in [0.2, 0.25) is 0 Å². The quantitative estimate of drug-likeness (QED) is 0.315. The summed E-state index contributed by atoms with van der Waals surface area (Å²) in [5, 5.41) is 5.58. The van der Waals surface area contributed by atoms with Crippen LogP contribution >= 0.6 is 35.3 Å². The van der Waals surface area contributed by atoms with Crippen LogP contribution in [0.5, 0.6) is 0 Å². The molecule has 0 aliphatic carbocycles. The molecule has 0 saturated carbocycles. The second kappa shape index (κ2) is 13.2. The maximum atomic E-state index is 5.99. The molecule has 29 heavy (non-hydrogen) atoms. The predicted octanol–water partition coefficient (Wildman–Crippen LogP) is 4.31. The lowest BCUT2D eigenvalue weighted by atomic mass is 10.1. The zero-order valence-corrected chi connectivity index (χ0v) is 20.4. The van der Waals surface area contributed by atoms with Gasteiger partial charge in [0, 0.05) is 45.3 Å². The number of thiophene rings is 1. The van der Waals surface area contributed by atoms with Gasteiger partial charge in [-0.25, -0.2) is 0 Å².